The zero-order valence-electron chi connectivity index (χ0n) is 8.14. The van der Waals surface area contributed by atoms with Crippen LogP contribution in [0, 0.1) is 11.6 Å². The average Bonchev–Trinajstić information content (AvgIpc) is 2.17. The molecule has 1 aromatic rings. The van der Waals surface area contributed by atoms with E-state index in [2.05, 4.69) is 5.32 Å². The van der Waals surface area contributed by atoms with Crippen LogP contribution in [0.1, 0.15) is 6.92 Å². The van der Waals surface area contributed by atoms with Crippen LogP contribution in [0.2, 0.25) is 0 Å². The molecule has 2 nitrogen and oxygen atoms in total. The van der Waals surface area contributed by atoms with Crippen molar-refractivity contribution >= 4 is 11.4 Å². The second-order valence-electron chi connectivity index (χ2n) is 3.60. The van der Waals surface area contributed by atoms with Crippen molar-refractivity contribution in [2.75, 3.05) is 23.8 Å². The molecule has 1 N–H and O–H groups in total. The van der Waals surface area contributed by atoms with Gasteiger partial charge in [-0.2, -0.15) is 0 Å². The summed E-state index contributed by atoms with van der Waals surface area (Å²) in [6.45, 7) is 2.70. The predicted octanol–water partition coefficient (Wildman–Crippen LogP) is 2.21. The number of halogens is 2. The largest absolute Gasteiger partial charge is 0.381 e. The molecule has 0 aliphatic carbocycles. The lowest BCUT2D eigenvalue weighted by Crippen LogP contribution is -2.39. The minimum Gasteiger partial charge on any atom is -0.381 e. The van der Waals surface area contributed by atoms with Crippen molar-refractivity contribution in [2.24, 2.45) is 0 Å². The fourth-order valence-corrected chi connectivity index (χ4v) is 1.64. The number of hydrogen-bond acceptors (Lipinski definition) is 2. The first kappa shape index (κ1) is 9.24. The van der Waals surface area contributed by atoms with E-state index in [1.807, 2.05) is 6.92 Å². The van der Waals surface area contributed by atoms with E-state index >= 15 is 0 Å². The molecule has 0 amide bonds. The van der Waals surface area contributed by atoms with E-state index in [1.165, 1.54) is 0 Å². The molecule has 76 valence electrons. The Balaban J connectivity index is 2.56. The van der Waals surface area contributed by atoms with E-state index in [-0.39, 0.29) is 6.04 Å². The Labute approximate surface area is 81.5 Å². The zero-order chi connectivity index (χ0) is 10.3. The minimum atomic E-state index is -0.800. The van der Waals surface area contributed by atoms with Gasteiger partial charge in [0.1, 0.15) is 0 Å². The van der Waals surface area contributed by atoms with Crippen LogP contribution in [0.5, 0.6) is 0 Å². The fourth-order valence-electron chi connectivity index (χ4n) is 1.64. The highest BCUT2D eigenvalue weighted by Gasteiger charge is 2.24. The first-order valence-corrected chi connectivity index (χ1v) is 4.56. The molecular weight excluding hydrogens is 186 g/mol. The number of rotatable bonds is 0. The number of likely N-dealkylation sites (N-methyl/N-ethyl adjacent to an activating group) is 1. The third-order valence-electron chi connectivity index (χ3n) is 2.67. The smallest absolute Gasteiger partial charge is 0.184 e. The Morgan fingerprint density at radius 3 is 2.86 bits per heavy atom. The lowest BCUT2D eigenvalue weighted by atomic mass is 10.1. The quantitative estimate of drug-likeness (QED) is 0.687. The molecule has 0 saturated carbocycles. The molecule has 0 bridgehead atoms. The zero-order valence-corrected chi connectivity index (χ0v) is 8.14. The summed E-state index contributed by atoms with van der Waals surface area (Å²) in [7, 11) is 1.77. The molecule has 0 saturated heterocycles. The lowest BCUT2D eigenvalue weighted by molar-refractivity contribution is 0.503. The van der Waals surface area contributed by atoms with Crippen molar-refractivity contribution in [1.82, 2.24) is 0 Å². The van der Waals surface area contributed by atoms with E-state index in [9.17, 15) is 8.78 Å². The van der Waals surface area contributed by atoms with E-state index in [1.54, 1.807) is 18.0 Å². The number of benzene rings is 1. The number of hydrogen-bond donors (Lipinski definition) is 1. The van der Waals surface area contributed by atoms with Crippen LogP contribution in [0.4, 0.5) is 20.2 Å². The number of fused-ring (bicyclic) bond motifs is 1. The van der Waals surface area contributed by atoms with Gasteiger partial charge in [0, 0.05) is 19.6 Å². The Morgan fingerprint density at radius 1 is 1.43 bits per heavy atom. The molecule has 14 heavy (non-hydrogen) atoms. The summed E-state index contributed by atoms with van der Waals surface area (Å²) in [6.07, 6.45) is 0. The summed E-state index contributed by atoms with van der Waals surface area (Å²) in [5.74, 6) is -1.57. The lowest BCUT2D eigenvalue weighted by Gasteiger charge is -2.34. The molecule has 0 spiro atoms. The SMILES string of the molecule is CC1CNc2ccc(F)c(F)c2N1C. The van der Waals surface area contributed by atoms with Crippen molar-refractivity contribution in [2.45, 2.75) is 13.0 Å². The van der Waals surface area contributed by atoms with Crippen LogP contribution in [0.3, 0.4) is 0 Å². The van der Waals surface area contributed by atoms with Crippen LogP contribution < -0.4 is 10.2 Å². The van der Waals surface area contributed by atoms with Gasteiger partial charge in [-0.1, -0.05) is 0 Å². The summed E-state index contributed by atoms with van der Waals surface area (Å²) >= 11 is 0. The second-order valence-corrected chi connectivity index (χ2v) is 3.60. The predicted molar refractivity (Wildman–Crippen MR) is 52.7 cm³/mol. The fraction of sp³-hybridized carbons (Fsp3) is 0.400. The van der Waals surface area contributed by atoms with E-state index in [0.717, 1.165) is 12.6 Å². The molecule has 1 unspecified atom stereocenters. The molecule has 0 fully saturated rings. The molecule has 1 aromatic carbocycles. The summed E-state index contributed by atoms with van der Waals surface area (Å²) in [4.78, 5) is 1.75. The molecule has 2 rings (SSSR count). The molecule has 1 atom stereocenters. The standard InChI is InChI=1S/C10H12F2N2/c1-6-5-13-8-4-3-7(11)9(12)10(8)14(6)2/h3-4,6,13H,5H2,1-2H3. The highest BCUT2D eigenvalue weighted by atomic mass is 19.2. The van der Waals surface area contributed by atoms with E-state index in [0.29, 0.717) is 11.4 Å². The molecule has 0 radical (unpaired) electrons. The maximum Gasteiger partial charge on any atom is 0.184 e. The summed E-state index contributed by atoms with van der Waals surface area (Å²) < 4.78 is 26.4. The molecule has 1 aliphatic rings. The Bertz CT molecular complexity index is 365. The van der Waals surface area contributed by atoms with Crippen molar-refractivity contribution < 1.29 is 8.78 Å². The maximum atomic E-state index is 13.5. The molecule has 0 aromatic heterocycles. The Kier molecular flexibility index (Phi) is 2.06. The molecule has 4 heteroatoms. The van der Waals surface area contributed by atoms with Crippen LogP contribution in [0.15, 0.2) is 12.1 Å². The number of nitrogens with one attached hydrogen (secondary N) is 1. The van der Waals surface area contributed by atoms with Gasteiger partial charge >= 0.3 is 0 Å². The van der Waals surface area contributed by atoms with E-state index < -0.39 is 11.6 Å². The summed E-state index contributed by atoms with van der Waals surface area (Å²) in [5.41, 5.74) is 0.980. The minimum absolute atomic E-state index is 0.166. The molecule has 1 aliphatic heterocycles. The first-order chi connectivity index (χ1) is 6.61. The second kappa shape index (κ2) is 3.12. The highest BCUT2D eigenvalue weighted by Crippen LogP contribution is 2.33. The van der Waals surface area contributed by atoms with E-state index in [4.69, 9.17) is 0 Å². The van der Waals surface area contributed by atoms with Gasteiger partial charge in [0.15, 0.2) is 11.6 Å². The number of nitrogens with zero attached hydrogens (tertiary/aromatic N) is 1. The van der Waals surface area contributed by atoms with Crippen LogP contribution >= 0.6 is 0 Å². The van der Waals surface area contributed by atoms with Crippen LogP contribution in [-0.2, 0) is 0 Å². The van der Waals surface area contributed by atoms with Gasteiger partial charge in [-0.05, 0) is 19.1 Å². The van der Waals surface area contributed by atoms with Crippen LogP contribution in [-0.4, -0.2) is 19.6 Å². The first-order valence-electron chi connectivity index (χ1n) is 4.56. The van der Waals surface area contributed by atoms with Crippen molar-refractivity contribution in [3.05, 3.63) is 23.8 Å². The average molecular weight is 198 g/mol. The number of anilines is 2. The van der Waals surface area contributed by atoms with Gasteiger partial charge in [-0.3, -0.25) is 0 Å². The molecular formula is C10H12F2N2. The monoisotopic (exact) mass is 198 g/mol. The van der Waals surface area contributed by atoms with Crippen molar-refractivity contribution in [3.63, 3.8) is 0 Å². The van der Waals surface area contributed by atoms with Gasteiger partial charge in [0.05, 0.1) is 11.4 Å². The van der Waals surface area contributed by atoms with Gasteiger partial charge in [-0.15, -0.1) is 0 Å². The van der Waals surface area contributed by atoms with Gasteiger partial charge in [0.2, 0.25) is 0 Å². The maximum absolute atomic E-state index is 13.5. The molecule has 1 heterocycles. The Hall–Kier alpha value is -1.32. The third kappa shape index (κ3) is 1.22. The van der Waals surface area contributed by atoms with Gasteiger partial charge in [-0.25, -0.2) is 8.78 Å². The summed E-state index contributed by atoms with van der Waals surface area (Å²) in [5, 5.41) is 3.06. The Morgan fingerprint density at radius 2 is 2.14 bits per heavy atom. The van der Waals surface area contributed by atoms with Crippen LogP contribution in [0.25, 0.3) is 0 Å². The topological polar surface area (TPSA) is 15.3 Å². The van der Waals surface area contributed by atoms with Crippen molar-refractivity contribution in [3.8, 4) is 0 Å². The normalized spacial score (nSPS) is 20.3. The summed E-state index contributed by atoms with van der Waals surface area (Å²) in [6, 6.07) is 2.87. The third-order valence-corrected chi connectivity index (χ3v) is 2.67. The van der Waals surface area contributed by atoms with Crippen molar-refractivity contribution in [1.29, 1.82) is 0 Å². The van der Waals surface area contributed by atoms with Gasteiger partial charge in [0.25, 0.3) is 0 Å². The highest BCUT2D eigenvalue weighted by molar-refractivity contribution is 5.73. The van der Waals surface area contributed by atoms with Gasteiger partial charge < -0.3 is 10.2 Å².